The third-order valence-corrected chi connectivity index (χ3v) is 5.96. The Balaban J connectivity index is 1.41. The first-order valence-electron chi connectivity index (χ1n) is 11.6. The SMILES string of the molecule is COc1ccc(-n2cc(-c3ccccc3)nc2NC(=O)CN(C(=O)c2ccccc2)C2CC2)cc1. The Morgan fingerprint density at radius 1 is 0.971 bits per heavy atom. The van der Waals surface area contributed by atoms with Crippen molar-refractivity contribution in [3.05, 3.63) is 96.7 Å². The number of amides is 2. The third kappa shape index (κ3) is 5.09. The predicted octanol–water partition coefficient (Wildman–Crippen LogP) is 4.79. The van der Waals surface area contributed by atoms with Crippen LogP contribution in [0.15, 0.2) is 91.1 Å². The largest absolute Gasteiger partial charge is 0.497 e. The fourth-order valence-electron chi connectivity index (χ4n) is 3.97. The molecule has 0 saturated heterocycles. The van der Waals surface area contributed by atoms with Gasteiger partial charge in [0.2, 0.25) is 11.9 Å². The molecular formula is C28H26N4O3. The van der Waals surface area contributed by atoms with Crippen LogP contribution in [0.2, 0.25) is 0 Å². The highest BCUT2D eigenvalue weighted by molar-refractivity contribution is 5.99. The molecule has 0 atom stereocenters. The molecule has 35 heavy (non-hydrogen) atoms. The van der Waals surface area contributed by atoms with E-state index in [-0.39, 0.29) is 24.4 Å². The molecule has 4 aromatic rings. The number of anilines is 1. The van der Waals surface area contributed by atoms with Crippen LogP contribution in [0.1, 0.15) is 23.2 Å². The zero-order valence-electron chi connectivity index (χ0n) is 19.4. The van der Waals surface area contributed by atoms with E-state index in [1.165, 1.54) is 0 Å². The molecule has 0 bridgehead atoms. The fourth-order valence-corrected chi connectivity index (χ4v) is 3.97. The Labute approximate surface area is 204 Å². The monoisotopic (exact) mass is 466 g/mol. The van der Waals surface area contributed by atoms with Gasteiger partial charge in [-0.15, -0.1) is 0 Å². The molecule has 1 aromatic heterocycles. The van der Waals surface area contributed by atoms with Gasteiger partial charge in [-0.25, -0.2) is 4.98 Å². The maximum Gasteiger partial charge on any atom is 0.254 e. The Morgan fingerprint density at radius 3 is 2.26 bits per heavy atom. The van der Waals surface area contributed by atoms with Crippen LogP contribution in [0.4, 0.5) is 5.95 Å². The lowest BCUT2D eigenvalue weighted by Crippen LogP contribution is -2.39. The zero-order chi connectivity index (χ0) is 24.2. The molecule has 7 nitrogen and oxygen atoms in total. The van der Waals surface area contributed by atoms with Gasteiger partial charge < -0.3 is 9.64 Å². The average molecular weight is 467 g/mol. The van der Waals surface area contributed by atoms with E-state index in [2.05, 4.69) is 5.32 Å². The van der Waals surface area contributed by atoms with E-state index >= 15 is 0 Å². The highest BCUT2D eigenvalue weighted by Crippen LogP contribution is 2.29. The highest BCUT2D eigenvalue weighted by Gasteiger charge is 2.34. The van der Waals surface area contributed by atoms with Crippen LogP contribution < -0.4 is 10.1 Å². The van der Waals surface area contributed by atoms with Crippen molar-refractivity contribution in [3.63, 3.8) is 0 Å². The van der Waals surface area contributed by atoms with Gasteiger partial charge in [0.1, 0.15) is 12.3 Å². The highest BCUT2D eigenvalue weighted by atomic mass is 16.5. The van der Waals surface area contributed by atoms with E-state index in [1.54, 1.807) is 24.1 Å². The number of ether oxygens (including phenoxy) is 1. The molecule has 0 aliphatic heterocycles. The van der Waals surface area contributed by atoms with Crippen molar-refractivity contribution >= 4 is 17.8 Å². The van der Waals surface area contributed by atoms with Crippen LogP contribution in [-0.2, 0) is 4.79 Å². The minimum Gasteiger partial charge on any atom is -0.497 e. The lowest BCUT2D eigenvalue weighted by Gasteiger charge is -2.22. The van der Waals surface area contributed by atoms with Crippen LogP contribution in [0.3, 0.4) is 0 Å². The third-order valence-electron chi connectivity index (χ3n) is 5.96. The lowest BCUT2D eigenvalue weighted by atomic mass is 10.2. The Morgan fingerprint density at radius 2 is 1.63 bits per heavy atom. The number of imidazole rings is 1. The van der Waals surface area contributed by atoms with Crippen molar-refractivity contribution in [3.8, 4) is 22.7 Å². The van der Waals surface area contributed by atoms with Gasteiger partial charge in [0.25, 0.3) is 5.91 Å². The summed E-state index contributed by atoms with van der Waals surface area (Å²) < 4.78 is 7.11. The minimum atomic E-state index is -0.291. The molecule has 1 saturated carbocycles. The quantitative estimate of drug-likeness (QED) is 0.405. The molecule has 0 radical (unpaired) electrons. The molecule has 0 unspecified atom stereocenters. The second-order valence-corrected chi connectivity index (χ2v) is 8.46. The summed E-state index contributed by atoms with van der Waals surface area (Å²) in [7, 11) is 1.62. The fraction of sp³-hybridized carbons (Fsp3) is 0.179. The topological polar surface area (TPSA) is 76.5 Å². The van der Waals surface area contributed by atoms with Gasteiger partial charge in [0, 0.05) is 29.1 Å². The molecule has 176 valence electrons. The number of rotatable bonds is 8. The lowest BCUT2D eigenvalue weighted by molar-refractivity contribution is -0.117. The number of nitrogens with zero attached hydrogens (tertiary/aromatic N) is 3. The molecular weight excluding hydrogens is 440 g/mol. The number of hydrogen-bond donors (Lipinski definition) is 1. The molecule has 3 aromatic carbocycles. The molecule has 1 aliphatic rings. The van der Waals surface area contributed by atoms with Crippen LogP contribution in [-0.4, -0.2) is 46.0 Å². The average Bonchev–Trinajstić information content (AvgIpc) is 3.67. The summed E-state index contributed by atoms with van der Waals surface area (Å²) in [5, 5.41) is 2.94. The normalized spacial score (nSPS) is 12.7. The summed E-state index contributed by atoms with van der Waals surface area (Å²) in [6, 6.07) is 26.5. The second kappa shape index (κ2) is 9.85. The van der Waals surface area contributed by atoms with Crippen molar-refractivity contribution in [2.45, 2.75) is 18.9 Å². The Kier molecular flexibility index (Phi) is 6.30. The van der Waals surface area contributed by atoms with Gasteiger partial charge in [0.05, 0.1) is 12.8 Å². The van der Waals surface area contributed by atoms with Gasteiger partial charge in [0.15, 0.2) is 0 Å². The minimum absolute atomic E-state index is 0.0332. The summed E-state index contributed by atoms with van der Waals surface area (Å²) in [5.41, 5.74) is 3.08. The van der Waals surface area contributed by atoms with Gasteiger partial charge >= 0.3 is 0 Å². The summed E-state index contributed by atoms with van der Waals surface area (Å²) >= 11 is 0. The van der Waals surface area contributed by atoms with Crippen molar-refractivity contribution in [1.82, 2.24) is 14.5 Å². The molecule has 1 N–H and O–H groups in total. The molecule has 1 heterocycles. The molecule has 1 aliphatic carbocycles. The van der Waals surface area contributed by atoms with Crippen LogP contribution in [0, 0.1) is 0 Å². The van der Waals surface area contributed by atoms with E-state index < -0.39 is 0 Å². The number of methoxy groups -OCH3 is 1. The van der Waals surface area contributed by atoms with Gasteiger partial charge in [-0.1, -0.05) is 48.5 Å². The number of carbonyl (C=O) groups is 2. The predicted molar refractivity (Wildman–Crippen MR) is 135 cm³/mol. The molecule has 0 spiro atoms. The van der Waals surface area contributed by atoms with Crippen LogP contribution >= 0.6 is 0 Å². The summed E-state index contributed by atoms with van der Waals surface area (Å²) in [6.07, 6.45) is 3.70. The summed E-state index contributed by atoms with van der Waals surface area (Å²) in [6.45, 7) is -0.0332. The number of nitrogens with one attached hydrogen (secondary N) is 1. The van der Waals surface area contributed by atoms with Crippen molar-refractivity contribution in [2.75, 3.05) is 19.0 Å². The van der Waals surface area contributed by atoms with Crippen LogP contribution in [0.25, 0.3) is 16.9 Å². The smallest absolute Gasteiger partial charge is 0.254 e. The maximum absolute atomic E-state index is 13.1. The molecule has 5 rings (SSSR count). The first kappa shape index (κ1) is 22.4. The molecule has 2 amide bonds. The number of benzene rings is 3. The summed E-state index contributed by atoms with van der Waals surface area (Å²) in [5.74, 6) is 0.706. The molecule has 1 fully saturated rings. The zero-order valence-corrected chi connectivity index (χ0v) is 19.4. The van der Waals surface area contributed by atoms with Crippen LogP contribution in [0.5, 0.6) is 5.75 Å². The summed E-state index contributed by atoms with van der Waals surface area (Å²) in [4.78, 5) is 32.6. The van der Waals surface area contributed by atoms with E-state index in [1.807, 2.05) is 83.6 Å². The van der Waals surface area contributed by atoms with Gasteiger partial charge in [-0.3, -0.25) is 19.5 Å². The second-order valence-electron chi connectivity index (χ2n) is 8.46. The Bertz CT molecular complexity index is 1310. The molecule has 7 heteroatoms. The first-order chi connectivity index (χ1) is 17.1. The van der Waals surface area contributed by atoms with E-state index in [0.29, 0.717) is 11.5 Å². The van der Waals surface area contributed by atoms with E-state index in [9.17, 15) is 9.59 Å². The first-order valence-corrected chi connectivity index (χ1v) is 11.6. The van der Waals surface area contributed by atoms with Crippen molar-refractivity contribution < 1.29 is 14.3 Å². The van der Waals surface area contributed by atoms with Gasteiger partial charge in [-0.05, 0) is 49.2 Å². The maximum atomic E-state index is 13.1. The Hall–Kier alpha value is -4.39. The standard InChI is InChI=1S/C28H26N4O3/c1-35-24-16-14-23(15-17-24)32-18-25(20-8-4-2-5-9-20)29-28(32)30-26(33)19-31(22-12-13-22)27(34)21-10-6-3-7-11-21/h2-11,14-18,22H,12-13,19H2,1H3,(H,29,30,33). The number of hydrogen-bond acceptors (Lipinski definition) is 4. The number of aromatic nitrogens is 2. The van der Waals surface area contributed by atoms with E-state index in [0.717, 1.165) is 35.5 Å². The van der Waals surface area contributed by atoms with Gasteiger partial charge in [-0.2, -0.15) is 0 Å². The van der Waals surface area contributed by atoms with E-state index in [4.69, 9.17) is 9.72 Å². The number of carbonyl (C=O) groups excluding carboxylic acids is 2. The van der Waals surface area contributed by atoms with Crippen molar-refractivity contribution in [2.24, 2.45) is 0 Å². The van der Waals surface area contributed by atoms with Crippen molar-refractivity contribution in [1.29, 1.82) is 0 Å².